The molecule has 1 amide bonds. The third kappa shape index (κ3) is 7.14. The van der Waals surface area contributed by atoms with Crippen molar-refractivity contribution >= 4 is 5.91 Å². The van der Waals surface area contributed by atoms with Gasteiger partial charge in [-0.15, -0.1) is 0 Å². The third-order valence-electron chi connectivity index (χ3n) is 2.72. The largest absolute Gasteiger partial charge is 0.390 e. The molecule has 0 bridgehead atoms. The number of nitrogens with zero attached hydrogens (tertiary/aromatic N) is 1. The van der Waals surface area contributed by atoms with E-state index in [0.717, 1.165) is 12.0 Å². The normalized spacial score (nSPS) is 10.8. The Kier molecular flexibility index (Phi) is 8.34. The summed E-state index contributed by atoms with van der Waals surface area (Å²) in [5.41, 5.74) is 1.06. The Balaban J connectivity index is 2.33. The first-order valence-electron chi connectivity index (χ1n) is 7.01. The van der Waals surface area contributed by atoms with Gasteiger partial charge < -0.3 is 15.4 Å². The van der Waals surface area contributed by atoms with Crippen LogP contribution in [0, 0.1) is 11.3 Å². The lowest BCUT2D eigenvalue weighted by atomic mass is 10.2. The monoisotopic (exact) mass is 287 g/mol. The van der Waals surface area contributed by atoms with E-state index in [0.29, 0.717) is 26.3 Å². The number of rotatable bonds is 9. The maximum atomic E-state index is 11.8. The minimum atomic E-state index is -0.376. The van der Waals surface area contributed by atoms with Crippen LogP contribution in [0.2, 0.25) is 0 Å². The number of nitrogens with one attached hydrogen (secondary N) is 2. The van der Waals surface area contributed by atoms with E-state index >= 15 is 0 Å². The first-order valence-corrected chi connectivity index (χ1v) is 7.01. The molecular formula is C16H21N3O2. The Morgan fingerprint density at radius 2 is 2.14 bits per heavy atom. The zero-order chi connectivity index (χ0) is 15.3. The van der Waals surface area contributed by atoms with Crippen molar-refractivity contribution in [1.82, 2.24) is 10.6 Å². The average Bonchev–Trinajstić information content (AvgIpc) is 2.53. The molecule has 0 aromatic heterocycles. The zero-order valence-electron chi connectivity index (χ0n) is 12.3. The van der Waals surface area contributed by atoms with Crippen LogP contribution < -0.4 is 10.6 Å². The van der Waals surface area contributed by atoms with Crippen LogP contribution in [-0.4, -0.2) is 25.7 Å². The Morgan fingerprint density at radius 1 is 1.38 bits per heavy atom. The number of benzene rings is 1. The number of carbonyl (C=O) groups is 1. The molecule has 2 N–H and O–H groups in total. The summed E-state index contributed by atoms with van der Waals surface area (Å²) in [4.78, 5) is 11.8. The van der Waals surface area contributed by atoms with Gasteiger partial charge in [0, 0.05) is 32.5 Å². The van der Waals surface area contributed by atoms with E-state index < -0.39 is 0 Å². The highest BCUT2D eigenvalue weighted by molar-refractivity contribution is 5.97. The second-order valence-corrected chi connectivity index (χ2v) is 4.34. The number of nitriles is 1. The number of hydrogen-bond donors (Lipinski definition) is 2. The van der Waals surface area contributed by atoms with Gasteiger partial charge in [0.2, 0.25) is 0 Å². The molecule has 0 unspecified atom stereocenters. The van der Waals surface area contributed by atoms with E-state index in [1.54, 1.807) is 0 Å². The molecule has 0 radical (unpaired) electrons. The predicted molar refractivity (Wildman–Crippen MR) is 81.1 cm³/mol. The second-order valence-electron chi connectivity index (χ2n) is 4.34. The van der Waals surface area contributed by atoms with Gasteiger partial charge in [0.05, 0.1) is 0 Å². The summed E-state index contributed by atoms with van der Waals surface area (Å²) in [5, 5.41) is 14.7. The summed E-state index contributed by atoms with van der Waals surface area (Å²) in [6.07, 6.45) is 2.28. The van der Waals surface area contributed by atoms with Crippen molar-refractivity contribution in [3.8, 4) is 6.07 Å². The molecule has 112 valence electrons. The molecule has 5 nitrogen and oxygen atoms in total. The van der Waals surface area contributed by atoms with Crippen LogP contribution in [0.3, 0.4) is 0 Å². The maximum absolute atomic E-state index is 11.8. The Morgan fingerprint density at radius 3 is 2.81 bits per heavy atom. The van der Waals surface area contributed by atoms with Crippen LogP contribution in [-0.2, 0) is 16.1 Å². The van der Waals surface area contributed by atoms with Crippen molar-refractivity contribution in [1.29, 1.82) is 5.26 Å². The van der Waals surface area contributed by atoms with Crippen LogP contribution in [0.25, 0.3) is 0 Å². The summed E-state index contributed by atoms with van der Waals surface area (Å²) >= 11 is 0. The van der Waals surface area contributed by atoms with E-state index in [-0.39, 0.29) is 11.5 Å². The molecule has 0 saturated carbocycles. The van der Waals surface area contributed by atoms with Gasteiger partial charge in [-0.2, -0.15) is 5.26 Å². The van der Waals surface area contributed by atoms with Crippen LogP contribution in [0.15, 0.2) is 42.1 Å². The highest BCUT2D eigenvalue weighted by Gasteiger charge is 2.07. The lowest BCUT2D eigenvalue weighted by Crippen LogP contribution is -2.25. The van der Waals surface area contributed by atoms with Crippen LogP contribution in [0.4, 0.5) is 0 Å². The minimum Gasteiger partial charge on any atom is -0.390 e. The standard InChI is InChI=1S/C16H21N3O2/c1-2-21-10-6-9-18-13-15(11-17)16(20)19-12-14-7-4-3-5-8-14/h3-5,7-8,13,18H,2,6,9-10,12H2,1H3,(H,19,20)/b15-13-. The second kappa shape index (κ2) is 10.5. The van der Waals surface area contributed by atoms with Gasteiger partial charge in [-0.05, 0) is 18.9 Å². The molecular weight excluding hydrogens is 266 g/mol. The highest BCUT2D eigenvalue weighted by Crippen LogP contribution is 1.98. The number of hydrogen-bond acceptors (Lipinski definition) is 4. The topological polar surface area (TPSA) is 74.1 Å². The lowest BCUT2D eigenvalue weighted by molar-refractivity contribution is -0.117. The fourth-order valence-corrected chi connectivity index (χ4v) is 1.62. The van der Waals surface area contributed by atoms with Gasteiger partial charge in [0.1, 0.15) is 11.6 Å². The summed E-state index contributed by atoms with van der Waals surface area (Å²) < 4.78 is 5.20. The van der Waals surface area contributed by atoms with Gasteiger partial charge in [0.15, 0.2) is 0 Å². The fourth-order valence-electron chi connectivity index (χ4n) is 1.62. The molecule has 0 heterocycles. The number of amides is 1. The van der Waals surface area contributed by atoms with Gasteiger partial charge in [-0.25, -0.2) is 0 Å². The Labute approximate surface area is 125 Å². The van der Waals surface area contributed by atoms with E-state index in [1.165, 1.54) is 6.20 Å². The first-order chi connectivity index (χ1) is 10.3. The van der Waals surface area contributed by atoms with E-state index in [1.807, 2.05) is 43.3 Å². The molecule has 0 aliphatic heterocycles. The average molecular weight is 287 g/mol. The fraction of sp³-hybridized carbons (Fsp3) is 0.375. The first kappa shape index (κ1) is 16.7. The number of carbonyl (C=O) groups excluding carboxylic acids is 1. The molecule has 5 heteroatoms. The number of ether oxygens (including phenoxy) is 1. The van der Waals surface area contributed by atoms with Crippen LogP contribution in [0.1, 0.15) is 18.9 Å². The van der Waals surface area contributed by atoms with Crippen molar-refractivity contribution in [3.05, 3.63) is 47.7 Å². The van der Waals surface area contributed by atoms with E-state index in [9.17, 15) is 4.79 Å². The third-order valence-corrected chi connectivity index (χ3v) is 2.72. The molecule has 1 aromatic rings. The molecule has 0 saturated heterocycles. The summed E-state index contributed by atoms with van der Waals surface area (Å²) in [7, 11) is 0. The molecule has 0 spiro atoms. The Bertz CT molecular complexity index is 492. The van der Waals surface area contributed by atoms with Crippen molar-refractivity contribution in [2.75, 3.05) is 19.8 Å². The molecule has 0 atom stereocenters. The lowest BCUT2D eigenvalue weighted by Gasteiger charge is -2.05. The summed E-state index contributed by atoms with van der Waals surface area (Å²) in [6, 6.07) is 11.5. The summed E-state index contributed by atoms with van der Waals surface area (Å²) in [5.74, 6) is -0.376. The smallest absolute Gasteiger partial charge is 0.263 e. The zero-order valence-corrected chi connectivity index (χ0v) is 12.3. The molecule has 0 fully saturated rings. The van der Waals surface area contributed by atoms with Crippen molar-refractivity contribution in [2.24, 2.45) is 0 Å². The molecule has 21 heavy (non-hydrogen) atoms. The SMILES string of the molecule is CCOCCCN/C=C(/C#N)C(=O)NCc1ccccc1. The van der Waals surface area contributed by atoms with Crippen LogP contribution in [0.5, 0.6) is 0 Å². The molecule has 0 aliphatic carbocycles. The van der Waals surface area contributed by atoms with Crippen molar-refractivity contribution in [3.63, 3.8) is 0 Å². The molecule has 1 rings (SSSR count). The van der Waals surface area contributed by atoms with Crippen molar-refractivity contribution in [2.45, 2.75) is 19.9 Å². The van der Waals surface area contributed by atoms with Crippen molar-refractivity contribution < 1.29 is 9.53 Å². The predicted octanol–water partition coefficient (Wildman–Crippen LogP) is 1.73. The van der Waals surface area contributed by atoms with Gasteiger partial charge in [-0.3, -0.25) is 4.79 Å². The minimum absolute atomic E-state index is 0.0716. The quantitative estimate of drug-likeness (QED) is 0.412. The Hall–Kier alpha value is -2.32. The van der Waals surface area contributed by atoms with E-state index in [2.05, 4.69) is 10.6 Å². The molecule has 0 aliphatic rings. The van der Waals surface area contributed by atoms with E-state index in [4.69, 9.17) is 10.00 Å². The summed E-state index contributed by atoms with van der Waals surface area (Å²) in [6.45, 7) is 4.37. The van der Waals surface area contributed by atoms with Gasteiger partial charge in [-0.1, -0.05) is 30.3 Å². The van der Waals surface area contributed by atoms with Gasteiger partial charge in [0.25, 0.3) is 5.91 Å². The molecule has 1 aromatic carbocycles. The maximum Gasteiger partial charge on any atom is 0.263 e. The van der Waals surface area contributed by atoms with Crippen LogP contribution >= 0.6 is 0 Å². The highest BCUT2D eigenvalue weighted by atomic mass is 16.5. The van der Waals surface area contributed by atoms with Gasteiger partial charge >= 0.3 is 0 Å².